The van der Waals surface area contributed by atoms with Crippen LogP contribution in [0.5, 0.6) is 0 Å². The average Bonchev–Trinajstić information content (AvgIpc) is 2.81. The summed E-state index contributed by atoms with van der Waals surface area (Å²) in [6.07, 6.45) is 1.88. The van der Waals surface area contributed by atoms with Gasteiger partial charge in [0.15, 0.2) is 0 Å². The van der Waals surface area contributed by atoms with Gasteiger partial charge in [0.25, 0.3) is 0 Å². The van der Waals surface area contributed by atoms with Gasteiger partial charge in [0, 0.05) is 38.9 Å². The molecule has 2 nitrogen and oxygen atoms in total. The monoisotopic (exact) mass is 342 g/mol. The van der Waals surface area contributed by atoms with Crippen molar-refractivity contribution in [3.8, 4) is 5.69 Å². The molecule has 0 fully saturated rings. The van der Waals surface area contributed by atoms with Crippen molar-refractivity contribution in [1.82, 2.24) is 4.57 Å². The van der Waals surface area contributed by atoms with Crippen molar-refractivity contribution in [2.24, 2.45) is 4.99 Å². The third-order valence-electron chi connectivity index (χ3n) is 3.72. The molecule has 0 radical (unpaired) electrons. The molecule has 0 spiro atoms. The van der Waals surface area contributed by atoms with E-state index in [0.29, 0.717) is 5.02 Å². The second-order valence-corrected chi connectivity index (χ2v) is 6.25. The summed E-state index contributed by atoms with van der Waals surface area (Å²) in [5.41, 5.74) is 5.28. The van der Waals surface area contributed by atoms with Crippen LogP contribution in [-0.4, -0.2) is 10.8 Å². The van der Waals surface area contributed by atoms with Crippen LogP contribution in [0.1, 0.15) is 17.0 Å². The zero-order valence-electron chi connectivity index (χ0n) is 12.9. The van der Waals surface area contributed by atoms with Crippen LogP contribution >= 0.6 is 23.2 Å². The maximum absolute atomic E-state index is 6.11. The van der Waals surface area contributed by atoms with Crippen molar-refractivity contribution < 1.29 is 0 Å². The molecule has 0 bridgehead atoms. The lowest BCUT2D eigenvalue weighted by molar-refractivity contribution is 0.965. The highest BCUT2D eigenvalue weighted by molar-refractivity contribution is 6.31. The number of benzene rings is 2. The molecule has 0 saturated heterocycles. The smallest absolute Gasteiger partial charge is 0.0630 e. The molecule has 0 N–H and O–H groups in total. The van der Waals surface area contributed by atoms with E-state index in [4.69, 9.17) is 23.2 Å². The molecule has 0 aliphatic carbocycles. The second-order valence-electron chi connectivity index (χ2n) is 5.38. The minimum absolute atomic E-state index is 0.711. The lowest BCUT2D eigenvalue weighted by Crippen LogP contribution is -1.99. The summed E-state index contributed by atoms with van der Waals surface area (Å²) in [5, 5.41) is 1.44. The molecule has 0 aliphatic rings. The summed E-state index contributed by atoms with van der Waals surface area (Å²) in [5.74, 6) is 0. The van der Waals surface area contributed by atoms with Gasteiger partial charge in [0.05, 0.1) is 5.69 Å². The fourth-order valence-electron chi connectivity index (χ4n) is 2.60. The van der Waals surface area contributed by atoms with Crippen molar-refractivity contribution in [3.63, 3.8) is 0 Å². The van der Waals surface area contributed by atoms with Gasteiger partial charge in [-0.05, 0) is 62.4 Å². The summed E-state index contributed by atoms with van der Waals surface area (Å²) in [4.78, 5) is 4.52. The molecule has 2 aromatic carbocycles. The van der Waals surface area contributed by atoms with Crippen molar-refractivity contribution >= 4 is 35.1 Å². The van der Waals surface area contributed by atoms with Gasteiger partial charge in [0.2, 0.25) is 0 Å². The fraction of sp³-hybridized carbons (Fsp3) is 0.105. The molecule has 3 aromatic rings. The number of halogens is 2. The molecule has 4 heteroatoms. The Bertz CT molecular complexity index is 862. The van der Waals surface area contributed by atoms with Gasteiger partial charge in [-0.15, -0.1) is 0 Å². The number of aliphatic imine (C=N–C) groups is 1. The van der Waals surface area contributed by atoms with Gasteiger partial charge in [-0.2, -0.15) is 0 Å². The highest BCUT2D eigenvalue weighted by Gasteiger charge is 2.09. The Balaban J connectivity index is 1.96. The molecule has 0 atom stereocenters. The molecule has 1 heterocycles. The zero-order chi connectivity index (χ0) is 16.4. The van der Waals surface area contributed by atoms with Gasteiger partial charge in [-0.3, -0.25) is 4.99 Å². The zero-order valence-corrected chi connectivity index (χ0v) is 14.4. The third kappa shape index (κ3) is 3.49. The molecular formula is C19H16Cl2N2. The highest BCUT2D eigenvalue weighted by Crippen LogP contribution is 2.23. The maximum Gasteiger partial charge on any atom is 0.0630 e. The minimum Gasteiger partial charge on any atom is -0.318 e. The first-order valence-electron chi connectivity index (χ1n) is 7.29. The topological polar surface area (TPSA) is 17.3 Å². The van der Waals surface area contributed by atoms with E-state index in [1.54, 1.807) is 0 Å². The van der Waals surface area contributed by atoms with E-state index in [2.05, 4.69) is 29.5 Å². The molecule has 0 unspecified atom stereocenters. The lowest BCUT2D eigenvalue weighted by atomic mass is 10.2. The molecular weight excluding hydrogens is 327 g/mol. The summed E-state index contributed by atoms with van der Waals surface area (Å²) in [6, 6.07) is 17.4. The maximum atomic E-state index is 6.11. The van der Waals surface area contributed by atoms with Gasteiger partial charge in [-0.1, -0.05) is 29.3 Å². The summed E-state index contributed by atoms with van der Waals surface area (Å²) >= 11 is 12.0. The Morgan fingerprint density at radius 1 is 0.913 bits per heavy atom. The molecule has 116 valence electrons. The van der Waals surface area contributed by atoms with E-state index < -0.39 is 0 Å². The molecule has 0 saturated carbocycles. The number of hydrogen-bond donors (Lipinski definition) is 0. The van der Waals surface area contributed by atoms with Crippen LogP contribution in [0.4, 0.5) is 5.69 Å². The normalized spacial score (nSPS) is 11.3. The van der Waals surface area contributed by atoms with Crippen LogP contribution < -0.4 is 0 Å². The van der Waals surface area contributed by atoms with E-state index in [1.807, 2.05) is 54.7 Å². The third-order valence-corrected chi connectivity index (χ3v) is 4.20. The van der Waals surface area contributed by atoms with E-state index in [-0.39, 0.29) is 0 Å². The Labute approximate surface area is 146 Å². The largest absolute Gasteiger partial charge is 0.318 e. The molecule has 1 aromatic heterocycles. The summed E-state index contributed by atoms with van der Waals surface area (Å²) < 4.78 is 2.18. The van der Waals surface area contributed by atoms with Crippen LogP contribution in [0, 0.1) is 13.8 Å². The first-order valence-corrected chi connectivity index (χ1v) is 8.05. The number of rotatable bonds is 3. The van der Waals surface area contributed by atoms with Crippen LogP contribution in [0.2, 0.25) is 10.0 Å². The molecule has 0 amide bonds. The Hall–Kier alpha value is -2.03. The van der Waals surface area contributed by atoms with Crippen LogP contribution in [0.3, 0.4) is 0 Å². The van der Waals surface area contributed by atoms with Crippen molar-refractivity contribution in [2.75, 3.05) is 0 Å². The van der Waals surface area contributed by atoms with Gasteiger partial charge in [0.1, 0.15) is 0 Å². The Morgan fingerprint density at radius 3 is 2.35 bits per heavy atom. The molecule has 3 rings (SSSR count). The van der Waals surface area contributed by atoms with Gasteiger partial charge >= 0.3 is 0 Å². The van der Waals surface area contributed by atoms with E-state index in [0.717, 1.165) is 33.3 Å². The van der Waals surface area contributed by atoms with Crippen molar-refractivity contribution in [1.29, 1.82) is 0 Å². The van der Waals surface area contributed by atoms with Crippen LogP contribution in [-0.2, 0) is 0 Å². The first kappa shape index (κ1) is 15.9. The number of aromatic nitrogens is 1. The minimum atomic E-state index is 0.711. The van der Waals surface area contributed by atoms with E-state index in [1.165, 1.54) is 0 Å². The number of nitrogens with zero attached hydrogens (tertiary/aromatic N) is 2. The molecule has 0 aliphatic heterocycles. The standard InChI is InChI=1S/C19H16Cl2N2/c1-13-10-15(12-22-18-8-6-16(20)7-9-18)14(2)23(13)19-5-3-4-17(21)11-19/h3-12H,1-2H3. The van der Waals surface area contributed by atoms with E-state index >= 15 is 0 Å². The van der Waals surface area contributed by atoms with Crippen molar-refractivity contribution in [2.45, 2.75) is 13.8 Å². The Morgan fingerprint density at radius 2 is 1.65 bits per heavy atom. The SMILES string of the molecule is Cc1cc(C=Nc2ccc(Cl)cc2)c(C)n1-c1cccc(Cl)c1. The summed E-state index contributed by atoms with van der Waals surface area (Å²) in [6.45, 7) is 4.16. The first-order chi connectivity index (χ1) is 11.0. The predicted octanol–water partition coefficient (Wildman–Crippen LogP) is 6.15. The summed E-state index contributed by atoms with van der Waals surface area (Å²) in [7, 11) is 0. The lowest BCUT2D eigenvalue weighted by Gasteiger charge is -2.09. The van der Waals surface area contributed by atoms with Gasteiger partial charge in [-0.25, -0.2) is 0 Å². The average molecular weight is 343 g/mol. The van der Waals surface area contributed by atoms with Crippen LogP contribution in [0.25, 0.3) is 5.69 Å². The highest BCUT2D eigenvalue weighted by atomic mass is 35.5. The van der Waals surface area contributed by atoms with E-state index in [9.17, 15) is 0 Å². The Kier molecular flexibility index (Phi) is 4.56. The number of hydrogen-bond acceptors (Lipinski definition) is 1. The van der Waals surface area contributed by atoms with Crippen LogP contribution in [0.15, 0.2) is 59.6 Å². The number of aryl methyl sites for hydroxylation is 1. The fourth-order valence-corrected chi connectivity index (χ4v) is 2.91. The van der Waals surface area contributed by atoms with Gasteiger partial charge < -0.3 is 4.57 Å². The molecule has 23 heavy (non-hydrogen) atoms. The predicted molar refractivity (Wildman–Crippen MR) is 99.0 cm³/mol. The van der Waals surface area contributed by atoms with Crippen molar-refractivity contribution in [3.05, 3.63) is 81.6 Å². The quantitative estimate of drug-likeness (QED) is 0.507. The second kappa shape index (κ2) is 6.61.